The first-order valence-corrected chi connectivity index (χ1v) is 12.6. The predicted octanol–water partition coefficient (Wildman–Crippen LogP) is 5.42. The summed E-state index contributed by atoms with van der Waals surface area (Å²) >= 11 is 4.49. The maximum atomic E-state index is 15.3. The average molecular weight is 649 g/mol. The number of nitrogens with zero attached hydrogens (tertiary/aromatic N) is 1. The van der Waals surface area contributed by atoms with Crippen LogP contribution in [0.1, 0.15) is 38.3 Å². The van der Waals surface area contributed by atoms with Gasteiger partial charge in [-0.1, -0.05) is 19.1 Å². The van der Waals surface area contributed by atoms with Crippen LogP contribution in [0, 0.1) is 19.0 Å². The van der Waals surface area contributed by atoms with Crippen molar-refractivity contribution < 1.29 is 19.0 Å². The van der Waals surface area contributed by atoms with Crippen molar-refractivity contribution in [2.45, 2.75) is 51.1 Å². The minimum absolute atomic E-state index is 0.111. The zero-order valence-corrected chi connectivity index (χ0v) is 22.1. The number of aliphatic hydroxyl groups is 1. The summed E-state index contributed by atoms with van der Waals surface area (Å²) < 4.78 is 23.9. The van der Waals surface area contributed by atoms with Gasteiger partial charge in [-0.25, -0.2) is 4.39 Å². The Balaban J connectivity index is 1.82. The van der Waals surface area contributed by atoms with Crippen LogP contribution in [-0.2, 0) is 21.7 Å². The molecule has 7 heteroatoms. The third-order valence-corrected chi connectivity index (χ3v) is 7.98. The number of anilines is 1. The second-order valence-electron chi connectivity index (χ2n) is 8.96. The van der Waals surface area contributed by atoms with Crippen molar-refractivity contribution in [2.24, 2.45) is 11.8 Å². The van der Waals surface area contributed by atoms with E-state index in [9.17, 15) is 9.90 Å². The SMILES string of the molecule is C[C@H]1[C@H](C(C)(C)F)[C@@H](CCO)O[C@]12C(=O)N(Cc1ccc(I)cc1)c1ccc(I)cc12. The average Bonchev–Trinajstić information content (AvgIpc) is 3.11. The summed E-state index contributed by atoms with van der Waals surface area (Å²) in [5.41, 5.74) is -0.148. The lowest BCUT2D eigenvalue weighted by atomic mass is 9.71. The fourth-order valence-electron chi connectivity index (χ4n) is 5.35. The topological polar surface area (TPSA) is 49.8 Å². The van der Waals surface area contributed by atoms with Crippen LogP contribution in [0.4, 0.5) is 10.1 Å². The molecule has 0 bridgehead atoms. The molecule has 0 radical (unpaired) electrons. The Hall–Kier alpha value is -0.780. The zero-order chi connectivity index (χ0) is 22.6. The summed E-state index contributed by atoms with van der Waals surface area (Å²) in [6.45, 7) is 5.31. The van der Waals surface area contributed by atoms with Gasteiger partial charge in [-0.3, -0.25) is 4.79 Å². The van der Waals surface area contributed by atoms with Gasteiger partial charge in [0.05, 0.1) is 18.3 Å². The van der Waals surface area contributed by atoms with E-state index in [0.717, 1.165) is 24.0 Å². The maximum absolute atomic E-state index is 15.3. The molecule has 2 heterocycles. The number of rotatable bonds is 5. The standard InChI is InChI=1S/C24H26FI2NO3/c1-14-21(23(2,3)25)20(10-11-29)31-24(14)18-12-17(27)8-9-19(18)28(22(24)30)13-15-4-6-16(26)7-5-15/h4-9,12,14,20-21,29H,10-11,13H2,1-3H3/t14-,20+,21-,24+/m0/s1. The number of amides is 1. The number of ether oxygens (including phenoxy) is 1. The van der Waals surface area contributed by atoms with E-state index < -0.39 is 23.3 Å². The van der Waals surface area contributed by atoms with Gasteiger partial charge in [0.1, 0.15) is 5.67 Å². The highest BCUT2D eigenvalue weighted by Crippen LogP contribution is 2.58. The number of hydrogen-bond donors (Lipinski definition) is 1. The zero-order valence-electron chi connectivity index (χ0n) is 17.7. The lowest BCUT2D eigenvalue weighted by molar-refractivity contribution is -0.146. The molecule has 0 saturated carbocycles. The molecule has 1 fully saturated rings. The first-order valence-electron chi connectivity index (χ1n) is 10.4. The largest absolute Gasteiger partial charge is 0.396 e. The second-order valence-corrected chi connectivity index (χ2v) is 11.5. The number of hydrogen-bond acceptors (Lipinski definition) is 3. The molecule has 166 valence electrons. The Morgan fingerprint density at radius 2 is 1.81 bits per heavy atom. The third kappa shape index (κ3) is 3.93. The molecule has 4 nitrogen and oxygen atoms in total. The van der Waals surface area contributed by atoms with E-state index in [0.29, 0.717) is 13.0 Å². The number of alkyl halides is 1. The number of halogens is 3. The summed E-state index contributed by atoms with van der Waals surface area (Å²) in [6.07, 6.45) is -0.235. The van der Waals surface area contributed by atoms with Gasteiger partial charge in [0.15, 0.2) is 5.60 Å². The first kappa shape index (κ1) is 23.4. The van der Waals surface area contributed by atoms with Crippen molar-refractivity contribution in [1.82, 2.24) is 0 Å². The molecular weight excluding hydrogens is 623 g/mol. The van der Waals surface area contributed by atoms with E-state index in [-0.39, 0.29) is 18.4 Å². The van der Waals surface area contributed by atoms with Crippen LogP contribution in [0.3, 0.4) is 0 Å². The molecule has 2 aromatic rings. The minimum Gasteiger partial charge on any atom is -0.396 e. The van der Waals surface area contributed by atoms with E-state index in [2.05, 4.69) is 45.2 Å². The fraction of sp³-hybridized carbons (Fsp3) is 0.458. The molecule has 1 spiro atoms. The van der Waals surface area contributed by atoms with Gasteiger partial charge >= 0.3 is 0 Å². The summed E-state index contributed by atoms with van der Waals surface area (Å²) in [7, 11) is 0. The van der Waals surface area contributed by atoms with Gasteiger partial charge in [0, 0.05) is 31.1 Å². The molecule has 0 aromatic heterocycles. The van der Waals surface area contributed by atoms with Gasteiger partial charge in [0.25, 0.3) is 5.91 Å². The summed E-state index contributed by atoms with van der Waals surface area (Å²) in [5, 5.41) is 9.60. The van der Waals surface area contributed by atoms with E-state index in [4.69, 9.17) is 4.74 Å². The van der Waals surface area contributed by atoms with Crippen LogP contribution >= 0.6 is 45.2 Å². The van der Waals surface area contributed by atoms with Crippen molar-refractivity contribution >= 4 is 56.8 Å². The Morgan fingerprint density at radius 3 is 2.42 bits per heavy atom. The number of aliphatic hydroxyl groups excluding tert-OH is 1. The van der Waals surface area contributed by atoms with Crippen LogP contribution < -0.4 is 4.90 Å². The molecule has 2 aromatic carbocycles. The minimum atomic E-state index is -1.55. The number of fused-ring (bicyclic) bond motifs is 2. The van der Waals surface area contributed by atoms with Crippen LogP contribution in [0.5, 0.6) is 0 Å². The Bertz CT molecular complexity index is 991. The van der Waals surface area contributed by atoms with Crippen molar-refractivity contribution in [3.05, 3.63) is 60.7 Å². The van der Waals surface area contributed by atoms with Gasteiger partial charge in [-0.2, -0.15) is 0 Å². The second kappa shape index (κ2) is 8.53. The van der Waals surface area contributed by atoms with E-state index in [1.54, 1.807) is 18.7 Å². The molecule has 1 N–H and O–H groups in total. The van der Waals surface area contributed by atoms with Gasteiger partial charge in [-0.15, -0.1) is 0 Å². The Labute approximate surface area is 209 Å². The van der Waals surface area contributed by atoms with Gasteiger partial charge < -0.3 is 14.7 Å². The van der Waals surface area contributed by atoms with Crippen molar-refractivity contribution in [3.63, 3.8) is 0 Å². The molecule has 1 amide bonds. The Morgan fingerprint density at radius 1 is 1.16 bits per heavy atom. The van der Waals surface area contributed by atoms with E-state index >= 15 is 4.39 Å². The number of carbonyl (C=O) groups is 1. The highest BCUT2D eigenvalue weighted by atomic mass is 127. The smallest absolute Gasteiger partial charge is 0.264 e. The lowest BCUT2D eigenvalue weighted by Gasteiger charge is -2.32. The molecule has 4 atom stereocenters. The maximum Gasteiger partial charge on any atom is 0.264 e. The summed E-state index contributed by atoms with van der Waals surface area (Å²) in [6, 6.07) is 14.0. The highest BCUT2D eigenvalue weighted by Gasteiger charge is 2.66. The quantitative estimate of drug-likeness (QED) is 0.441. The predicted molar refractivity (Wildman–Crippen MR) is 136 cm³/mol. The molecule has 0 aliphatic carbocycles. The Kier molecular flexibility index (Phi) is 6.44. The third-order valence-electron chi connectivity index (χ3n) is 6.59. The van der Waals surface area contributed by atoms with Gasteiger partial charge in [0.2, 0.25) is 0 Å². The molecule has 0 unspecified atom stereocenters. The lowest BCUT2D eigenvalue weighted by Crippen LogP contribution is -2.45. The fourth-order valence-corrected chi connectivity index (χ4v) is 6.20. The number of carbonyl (C=O) groups excluding carboxylic acids is 1. The molecule has 31 heavy (non-hydrogen) atoms. The summed E-state index contributed by atoms with van der Waals surface area (Å²) in [5.74, 6) is -1.03. The molecule has 2 aliphatic heterocycles. The van der Waals surface area contributed by atoms with Crippen molar-refractivity contribution in [1.29, 1.82) is 0 Å². The first-order chi connectivity index (χ1) is 14.6. The molecule has 1 saturated heterocycles. The van der Waals surface area contributed by atoms with Crippen LogP contribution in [0.2, 0.25) is 0 Å². The highest BCUT2D eigenvalue weighted by molar-refractivity contribution is 14.1. The van der Waals surface area contributed by atoms with E-state index in [1.165, 1.54) is 0 Å². The monoisotopic (exact) mass is 649 g/mol. The van der Waals surface area contributed by atoms with Crippen LogP contribution in [0.15, 0.2) is 42.5 Å². The van der Waals surface area contributed by atoms with Crippen LogP contribution in [-0.4, -0.2) is 29.4 Å². The van der Waals surface area contributed by atoms with Crippen molar-refractivity contribution in [3.8, 4) is 0 Å². The molecule has 2 aliphatic rings. The van der Waals surface area contributed by atoms with Gasteiger partial charge in [-0.05, 0) is 101 Å². The van der Waals surface area contributed by atoms with Crippen LogP contribution in [0.25, 0.3) is 0 Å². The van der Waals surface area contributed by atoms with E-state index in [1.807, 2.05) is 49.4 Å². The number of benzene rings is 2. The normalized spacial score (nSPS) is 27.9. The summed E-state index contributed by atoms with van der Waals surface area (Å²) in [4.78, 5) is 15.8. The van der Waals surface area contributed by atoms with Crippen molar-refractivity contribution in [2.75, 3.05) is 11.5 Å². The molecule has 4 rings (SSSR count). The molecular formula is C24H26FI2NO3.